The van der Waals surface area contributed by atoms with Crippen molar-refractivity contribution in [2.75, 3.05) is 20.3 Å². The molecule has 2 rings (SSSR count). The molecule has 2 heterocycles. The summed E-state index contributed by atoms with van der Waals surface area (Å²) in [6.07, 6.45) is 3.74. The molecule has 1 fully saturated rings. The first kappa shape index (κ1) is 10.6. The van der Waals surface area contributed by atoms with E-state index < -0.39 is 0 Å². The average Bonchev–Trinajstić information content (AvgIpc) is 2.78. The van der Waals surface area contributed by atoms with E-state index in [4.69, 9.17) is 4.74 Å². The molecule has 0 aromatic carbocycles. The minimum absolute atomic E-state index is 0.310. The molecule has 1 saturated heterocycles. The molecule has 82 valence electrons. The van der Waals surface area contributed by atoms with E-state index in [0.717, 1.165) is 24.5 Å². The molecule has 4 nitrogen and oxygen atoms in total. The van der Waals surface area contributed by atoms with Crippen molar-refractivity contribution in [1.29, 1.82) is 0 Å². The zero-order chi connectivity index (χ0) is 10.7. The summed E-state index contributed by atoms with van der Waals surface area (Å²) in [5.74, 6) is 0.0395. The molecular weight excluding hydrogens is 214 g/mol. The lowest BCUT2D eigenvalue weighted by atomic mass is 10.0. The van der Waals surface area contributed by atoms with Crippen molar-refractivity contribution in [2.24, 2.45) is 0 Å². The van der Waals surface area contributed by atoms with Gasteiger partial charge in [-0.2, -0.15) is 0 Å². The standard InChI is InChI=1S/C10H13NO3S/c1-13-10(12)8-5-11-9(15-8)7-3-2-4-14-6-7/h5,7H,2-4,6H2,1H3. The number of methoxy groups -OCH3 is 1. The molecule has 0 spiro atoms. The number of ether oxygens (including phenoxy) is 2. The Bertz CT molecular complexity index is 344. The van der Waals surface area contributed by atoms with Gasteiger partial charge in [-0.3, -0.25) is 0 Å². The van der Waals surface area contributed by atoms with Crippen molar-refractivity contribution in [1.82, 2.24) is 4.98 Å². The van der Waals surface area contributed by atoms with Crippen LogP contribution < -0.4 is 0 Å². The molecule has 1 aromatic heterocycles. The summed E-state index contributed by atoms with van der Waals surface area (Å²) in [7, 11) is 1.38. The second-order valence-corrected chi connectivity index (χ2v) is 4.53. The lowest BCUT2D eigenvalue weighted by molar-refractivity contribution is 0.0606. The molecule has 0 saturated carbocycles. The van der Waals surface area contributed by atoms with Gasteiger partial charge in [0, 0.05) is 12.5 Å². The normalized spacial score (nSPS) is 21.3. The summed E-state index contributed by atoms with van der Waals surface area (Å²) < 4.78 is 10.0. The van der Waals surface area contributed by atoms with E-state index in [9.17, 15) is 4.79 Å². The van der Waals surface area contributed by atoms with Gasteiger partial charge in [-0.05, 0) is 12.8 Å². The Morgan fingerprint density at radius 1 is 1.73 bits per heavy atom. The minimum Gasteiger partial charge on any atom is -0.465 e. The summed E-state index contributed by atoms with van der Waals surface area (Å²) >= 11 is 1.41. The van der Waals surface area contributed by atoms with Crippen LogP contribution in [0.4, 0.5) is 0 Å². The Balaban J connectivity index is 2.08. The van der Waals surface area contributed by atoms with Gasteiger partial charge in [-0.1, -0.05) is 0 Å². The highest BCUT2D eigenvalue weighted by molar-refractivity contribution is 7.13. The molecule has 1 atom stereocenters. The van der Waals surface area contributed by atoms with Crippen molar-refractivity contribution in [3.63, 3.8) is 0 Å². The molecule has 1 aliphatic heterocycles. The van der Waals surface area contributed by atoms with Crippen LogP contribution in [0.2, 0.25) is 0 Å². The maximum atomic E-state index is 11.2. The van der Waals surface area contributed by atoms with Gasteiger partial charge >= 0.3 is 5.97 Å². The third-order valence-electron chi connectivity index (χ3n) is 2.42. The smallest absolute Gasteiger partial charge is 0.349 e. The van der Waals surface area contributed by atoms with E-state index in [1.54, 1.807) is 6.20 Å². The number of hydrogen-bond acceptors (Lipinski definition) is 5. The molecule has 0 N–H and O–H groups in total. The third-order valence-corrected chi connectivity index (χ3v) is 3.56. The van der Waals surface area contributed by atoms with Crippen LogP contribution in [0.1, 0.15) is 33.4 Å². The first-order chi connectivity index (χ1) is 7.31. The second kappa shape index (κ2) is 4.72. The van der Waals surface area contributed by atoms with Crippen molar-refractivity contribution < 1.29 is 14.3 Å². The number of carbonyl (C=O) groups is 1. The fourth-order valence-electron chi connectivity index (χ4n) is 1.61. The summed E-state index contributed by atoms with van der Waals surface area (Å²) in [6, 6.07) is 0. The average molecular weight is 227 g/mol. The molecular formula is C10H13NO3S. The number of aromatic nitrogens is 1. The van der Waals surface area contributed by atoms with Crippen LogP contribution in [0, 0.1) is 0 Å². The van der Waals surface area contributed by atoms with Crippen molar-refractivity contribution in [3.05, 3.63) is 16.1 Å². The Morgan fingerprint density at radius 3 is 3.27 bits per heavy atom. The first-order valence-electron chi connectivity index (χ1n) is 4.93. The van der Waals surface area contributed by atoms with Crippen LogP contribution in [-0.2, 0) is 9.47 Å². The van der Waals surface area contributed by atoms with Gasteiger partial charge in [0.25, 0.3) is 0 Å². The molecule has 0 radical (unpaired) electrons. The Labute approximate surface area is 92.2 Å². The predicted octanol–water partition coefficient (Wildman–Crippen LogP) is 1.82. The SMILES string of the molecule is COC(=O)c1cnc(C2CCCOC2)s1. The maximum absolute atomic E-state index is 11.2. The number of thiazole rings is 1. The highest BCUT2D eigenvalue weighted by Gasteiger charge is 2.20. The fraction of sp³-hybridized carbons (Fsp3) is 0.600. The summed E-state index contributed by atoms with van der Waals surface area (Å²) in [5, 5.41) is 0.982. The van der Waals surface area contributed by atoms with E-state index in [-0.39, 0.29) is 5.97 Å². The Morgan fingerprint density at radius 2 is 2.60 bits per heavy atom. The molecule has 1 unspecified atom stereocenters. The number of carbonyl (C=O) groups excluding carboxylic acids is 1. The number of rotatable bonds is 2. The van der Waals surface area contributed by atoms with E-state index in [2.05, 4.69) is 9.72 Å². The predicted molar refractivity (Wildman–Crippen MR) is 56.2 cm³/mol. The zero-order valence-corrected chi connectivity index (χ0v) is 9.38. The molecule has 0 amide bonds. The summed E-state index contributed by atoms with van der Waals surface area (Å²) in [6.45, 7) is 1.56. The largest absolute Gasteiger partial charge is 0.465 e. The van der Waals surface area contributed by atoms with Crippen molar-refractivity contribution in [3.8, 4) is 0 Å². The topological polar surface area (TPSA) is 48.4 Å². The second-order valence-electron chi connectivity index (χ2n) is 3.47. The Kier molecular flexibility index (Phi) is 3.33. The molecule has 1 aliphatic rings. The van der Waals surface area contributed by atoms with Crippen LogP contribution in [-0.4, -0.2) is 31.3 Å². The van der Waals surface area contributed by atoms with Gasteiger partial charge in [0.1, 0.15) is 4.88 Å². The van der Waals surface area contributed by atoms with Crippen molar-refractivity contribution in [2.45, 2.75) is 18.8 Å². The lowest BCUT2D eigenvalue weighted by Gasteiger charge is -2.19. The van der Waals surface area contributed by atoms with Gasteiger partial charge in [-0.15, -0.1) is 11.3 Å². The quantitative estimate of drug-likeness (QED) is 0.723. The number of nitrogens with zero attached hydrogens (tertiary/aromatic N) is 1. The zero-order valence-electron chi connectivity index (χ0n) is 8.56. The highest BCUT2D eigenvalue weighted by Crippen LogP contribution is 2.28. The van der Waals surface area contributed by atoms with Gasteiger partial charge in [0.05, 0.1) is 24.9 Å². The van der Waals surface area contributed by atoms with E-state index in [0.29, 0.717) is 17.4 Å². The van der Waals surface area contributed by atoms with E-state index in [1.165, 1.54) is 18.4 Å². The fourth-order valence-corrected chi connectivity index (χ4v) is 2.56. The van der Waals surface area contributed by atoms with Gasteiger partial charge in [0.15, 0.2) is 0 Å². The molecule has 1 aromatic rings. The lowest BCUT2D eigenvalue weighted by Crippen LogP contribution is -2.15. The maximum Gasteiger partial charge on any atom is 0.349 e. The monoisotopic (exact) mass is 227 g/mol. The molecule has 0 bridgehead atoms. The first-order valence-corrected chi connectivity index (χ1v) is 5.74. The molecule has 15 heavy (non-hydrogen) atoms. The van der Waals surface area contributed by atoms with E-state index in [1.807, 2.05) is 0 Å². The van der Waals surface area contributed by atoms with Crippen molar-refractivity contribution >= 4 is 17.3 Å². The highest BCUT2D eigenvalue weighted by atomic mass is 32.1. The van der Waals surface area contributed by atoms with Crippen LogP contribution in [0.5, 0.6) is 0 Å². The Hall–Kier alpha value is -0.940. The van der Waals surface area contributed by atoms with E-state index >= 15 is 0 Å². The minimum atomic E-state index is -0.310. The molecule has 0 aliphatic carbocycles. The summed E-state index contributed by atoms with van der Waals surface area (Å²) in [5.41, 5.74) is 0. The van der Waals surface area contributed by atoms with Gasteiger partial charge < -0.3 is 9.47 Å². The van der Waals surface area contributed by atoms with Crippen LogP contribution in [0.3, 0.4) is 0 Å². The van der Waals surface area contributed by atoms with Crippen LogP contribution >= 0.6 is 11.3 Å². The third kappa shape index (κ3) is 2.35. The van der Waals surface area contributed by atoms with Crippen LogP contribution in [0.25, 0.3) is 0 Å². The number of esters is 1. The summed E-state index contributed by atoms with van der Waals surface area (Å²) in [4.78, 5) is 16.0. The molecule has 5 heteroatoms. The van der Waals surface area contributed by atoms with Gasteiger partial charge in [0.2, 0.25) is 0 Å². The van der Waals surface area contributed by atoms with Crippen LogP contribution in [0.15, 0.2) is 6.20 Å². The number of hydrogen-bond donors (Lipinski definition) is 0. The van der Waals surface area contributed by atoms with Gasteiger partial charge in [-0.25, -0.2) is 9.78 Å².